The fraction of sp³-hybridized carbons (Fsp3) is 0.714. The molecule has 1 fully saturated rings. The molecule has 0 bridgehead atoms. The molecule has 1 aromatic rings. The van der Waals surface area contributed by atoms with Gasteiger partial charge in [-0.3, -0.25) is 0 Å². The Hall–Kier alpha value is -0.800. The number of rotatable bonds is 5. The molecule has 2 rings (SSSR count). The van der Waals surface area contributed by atoms with Crippen LogP contribution in [0, 0.1) is 0 Å². The lowest BCUT2D eigenvalue weighted by Gasteiger charge is -2.33. The SMILES string of the molecule is COC1CCCCC1NC(C)Cc1ccco1. The molecule has 1 aromatic heterocycles. The summed E-state index contributed by atoms with van der Waals surface area (Å²) in [6, 6.07) is 4.91. The maximum absolute atomic E-state index is 5.55. The van der Waals surface area contributed by atoms with E-state index in [0.29, 0.717) is 18.2 Å². The van der Waals surface area contributed by atoms with E-state index in [2.05, 4.69) is 12.2 Å². The minimum atomic E-state index is 0.378. The molecule has 0 aliphatic heterocycles. The van der Waals surface area contributed by atoms with Crippen LogP contribution in [0.4, 0.5) is 0 Å². The Balaban J connectivity index is 1.82. The van der Waals surface area contributed by atoms with Gasteiger partial charge in [0.25, 0.3) is 0 Å². The number of furan rings is 1. The first-order valence-corrected chi connectivity index (χ1v) is 6.61. The first-order chi connectivity index (χ1) is 8.29. The van der Waals surface area contributed by atoms with E-state index < -0.39 is 0 Å². The summed E-state index contributed by atoms with van der Waals surface area (Å²) in [7, 11) is 1.82. The summed E-state index contributed by atoms with van der Waals surface area (Å²) in [5, 5.41) is 3.67. The zero-order valence-corrected chi connectivity index (χ0v) is 10.8. The highest BCUT2D eigenvalue weighted by Gasteiger charge is 2.25. The molecule has 1 heterocycles. The molecule has 1 aliphatic carbocycles. The van der Waals surface area contributed by atoms with Crippen molar-refractivity contribution in [2.75, 3.05) is 7.11 Å². The summed E-state index contributed by atoms with van der Waals surface area (Å²) in [5.74, 6) is 1.05. The van der Waals surface area contributed by atoms with E-state index in [4.69, 9.17) is 9.15 Å². The Morgan fingerprint density at radius 2 is 2.29 bits per heavy atom. The van der Waals surface area contributed by atoms with E-state index in [0.717, 1.165) is 12.2 Å². The van der Waals surface area contributed by atoms with Gasteiger partial charge in [0.15, 0.2) is 0 Å². The summed E-state index contributed by atoms with van der Waals surface area (Å²) in [6.07, 6.45) is 8.07. The molecule has 1 N–H and O–H groups in total. The second-order valence-corrected chi connectivity index (χ2v) is 5.02. The van der Waals surface area contributed by atoms with Crippen molar-refractivity contribution in [1.82, 2.24) is 5.32 Å². The van der Waals surface area contributed by atoms with Crippen molar-refractivity contribution in [3.63, 3.8) is 0 Å². The van der Waals surface area contributed by atoms with Crippen LogP contribution < -0.4 is 5.32 Å². The molecular formula is C14H23NO2. The van der Waals surface area contributed by atoms with Crippen LogP contribution in [0.1, 0.15) is 38.4 Å². The number of ether oxygens (including phenoxy) is 1. The summed E-state index contributed by atoms with van der Waals surface area (Å²) >= 11 is 0. The minimum absolute atomic E-state index is 0.378. The lowest BCUT2D eigenvalue weighted by atomic mass is 9.91. The van der Waals surface area contributed by atoms with Crippen molar-refractivity contribution >= 4 is 0 Å². The van der Waals surface area contributed by atoms with E-state index in [9.17, 15) is 0 Å². The van der Waals surface area contributed by atoms with Crippen molar-refractivity contribution in [3.05, 3.63) is 24.2 Å². The maximum Gasteiger partial charge on any atom is 0.105 e. The predicted molar refractivity (Wildman–Crippen MR) is 68.1 cm³/mol. The Kier molecular flexibility index (Phi) is 4.63. The van der Waals surface area contributed by atoms with Crippen molar-refractivity contribution in [2.24, 2.45) is 0 Å². The average Bonchev–Trinajstić information content (AvgIpc) is 2.82. The molecule has 3 unspecified atom stereocenters. The molecule has 96 valence electrons. The quantitative estimate of drug-likeness (QED) is 0.855. The Morgan fingerprint density at radius 3 is 3.00 bits per heavy atom. The molecule has 0 aromatic carbocycles. The van der Waals surface area contributed by atoms with Gasteiger partial charge in [-0.25, -0.2) is 0 Å². The van der Waals surface area contributed by atoms with E-state index >= 15 is 0 Å². The molecule has 0 radical (unpaired) electrons. The van der Waals surface area contributed by atoms with Gasteiger partial charge >= 0.3 is 0 Å². The molecule has 3 nitrogen and oxygen atoms in total. The Labute approximate surface area is 104 Å². The van der Waals surface area contributed by atoms with Crippen LogP contribution in [0.3, 0.4) is 0 Å². The summed E-state index contributed by atoms with van der Waals surface area (Å²) in [5.41, 5.74) is 0. The van der Waals surface area contributed by atoms with Gasteiger partial charge in [0.1, 0.15) is 5.76 Å². The van der Waals surface area contributed by atoms with Gasteiger partial charge in [-0.1, -0.05) is 12.8 Å². The normalized spacial score (nSPS) is 26.9. The van der Waals surface area contributed by atoms with Crippen molar-refractivity contribution in [1.29, 1.82) is 0 Å². The van der Waals surface area contributed by atoms with Crippen LogP contribution in [-0.4, -0.2) is 25.3 Å². The highest BCUT2D eigenvalue weighted by Crippen LogP contribution is 2.21. The van der Waals surface area contributed by atoms with Gasteiger partial charge in [0, 0.05) is 25.6 Å². The van der Waals surface area contributed by atoms with Crippen molar-refractivity contribution in [3.8, 4) is 0 Å². The predicted octanol–water partition coefficient (Wildman–Crippen LogP) is 2.76. The molecule has 0 saturated heterocycles. The van der Waals surface area contributed by atoms with Gasteiger partial charge in [-0.15, -0.1) is 0 Å². The largest absolute Gasteiger partial charge is 0.469 e. The van der Waals surface area contributed by atoms with E-state index in [1.165, 1.54) is 25.7 Å². The highest BCUT2D eigenvalue weighted by molar-refractivity contribution is 5.00. The lowest BCUT2D eigenvalue weighted by molar-refractivity contribution is 0.0382. The topological polar surface area (TPSA) is 34.4 Å². The maximum atomic E-state index is 5.55. The zero-order chi connectivity index (χ0) is 12.1. The van der Waals surface area contributed by atoms with E-state index in [1.54, 1.807) is 6.26 Å². The second kappa shape index (κ2) is 6.22. The minimum Gasteiger partial charge on any atom is -0.469 e. The van der Waals surface area contributed by atoms with Crippen LogP contribution in [0.5, 0.6) is 0 Å². The average molecular weight is 237 g/mol. The molecule has 17 heavy (non-hydrogen) atoms. The molecule has 3 atom stereocenters. The van der Waals surface area contributed by atoms with Gasteiger partial charge < -0.3 is 14.5 Å². The standard InChI is InChI=1S/C14H23NO2/c1-11(10-12-6-5-9-17-12)15-13-7-3-4-8-14(13)16-2/h5-6,9,11,13-15H,3-4,7-8,10H2,1-2H3. The van der Waals surface area contributed by atoms with Gasteiger partial charge in [-0.05, 0) is 31.9 Å². The third-order valence-electron chi connectivity index (χ3n) is 3.59. The molecule has 0 spiro atoms. The van der Waals surface area contributed by atoms with Gasteiger partial charge in [-0.2, -0.15) is 0 Å². The monoisotopic (exact) mass is 237 g/mol. The van der Waals surface area contributed by atoms with Crippen molar-refractivity contribution in [2.45, 2.75) is 57.2 Å². The fourth-order valence-electron chi connectivity index (χ4n) is 2.72. The lowest BCUT2D eigenvalue weighted by Crippen LogP contribution is -2.47. The molecule has 3 heteroatoms. The molecular weight excluding hydrogens is 214 g/mol. The number of nitrogens with one attached hydrogen (secondary N) is 1. The van der Waals surface area contributed by atoms with Crippen molar-refractivity contribution < 1.29 is 9.15 Å². The van der Waals surface area contributed by atoms with Crippen LogP contribution >= 0.6 is 0 Å². The van der Waals surface area contributed by atoms with Crippen LogP contribution in [0.15, 0.2) is 22.8 Å². The van der Waals surface area contributed by atoms with Crippen LogP contribution in [0.25, 0.3) is 0 Å². The number of hydrogen-bond acceptors (Lipinski definition) is 3. The van der Waals surface area contributed by atoms with Crippen LogP contribution in [-0.2, 0) is 11.2 Å². The van der Waals surface area contributed by atoms with E-state index in [1.807, 2.05) is 19.2 Å². The second-order valence-electron chi connectivity index (χ2n) is 5.02. The Morgan fingerprint density at radius 1 is 1.47 bits per heavy atom. The molecule has 1 saturated carbocycles. The highest BCUT2D eigenvalue weighted by atomic mass is 16.5. The molecule has 0 amide bonds. The number of hydrogen-bond donors (Lipinski definition) is 1. The number of methoxy groups -OCH3 is 1. The molecule has 1 aliphatic rings. The third-order valence-corrected chi connectivity index (χ3v) is 3.59. The van der Waals surface area contributed by atoms with Gasteiger partial charge in [0.05, 0.1) is 12.4 Å². The third kappa shape index (κ3) is 3.58. The summed E-state index contributed by atoms with van der Waals surface area (Å²) < 4.78 is 10.9. The van der Waals surface area contributed by atoms with Crippen LogP contribution in [0.2, 0.25) is 0 Å². The smallest absolute Gasteiger partial charge is 0.105 e. The first-order valence-electron chi connectivity index (χ1n) is 6.61. The Bertz CT molecular complexity index is 310. The summed E-state index contributed by atoms with van der Waals surface area (Å²) in [6.45, 7) is 2.21. The first kappa shape index (κ1) is 12.7. The van der Waals surface area contributed by atoms with Gasteiger partial charge in [0.2, 0.25) is 0 Å². The fourth-order valence-corrected chi connectivity index (χ4v) is 2.72. The summed E-state index contributed by atoms with van der Waals surface area (Å²) in [4.78, 5) is 0. The van der Waals surface area contributed by atoms with E-state index in [-0.39, 0.29) is 0 Å². The zero-order valence-electron chi connectivity index (χ0n) is 10.8.